The second-order valence-electron chi connectivity index (χ2n) is 10.7. The molecule has 0 aromatic rings. The Labute approximate surface area is 266 Å². The summed E-state index contributed by atoms with van der Waals surface area (Å²) in [7, 11) is 2.92. The molecule has 1 fully saturated rings. The van der Waals surface area contributed by atoms with Crippen LogP contribution >= 0.6 is 21.6 Å². The Morgan fingerprint density at radius 2 is 1.18 bits per heavy atom. The highest BCUT2D eigenvalue weighted by molar-refractivity contribution is 8.76. The van der Waals surface area contributed by atoms with Gasteiger partial charge in [0.05, 0.1) is 38.3 Å². The monoisotopic (exact) mass is 665 g/mol. The van der Waals surface area contributed by atoms with Crippen LogP contribution in [0.4, 0.5) is 0 Å². The summed E-state index contributed by atoms with van der Waals surface area (Å²) in [4.78, 5) is 77.7. The first-order valence-electron chi connectivity index (χ1n) is 14.6. The molecule has 0 spiro atoms. The van der Waals surface area contributed by atoms with Crippen molar-refractivity contribution in [3.63, 3.8) is 0 Å². The van der Waals surface area contributed by atoms with Crippen molar-refractivity contribution in [2.75, 3.05) is 90.0 Å². The zero-order valence-corrected chi connectivity index (χ0v) is 26.9. The van der Waals surface area contributed by atoms with E-state index in [0.717, 1.165) is 6.29 Å². The summed E-state index contributed by atoms with van der Waals surface area (Å²) in [6.45, 7) is 2.83. The predicted octanol–water partition coefficient (Wildman–Crippen LogP) is -0.963. The molecule has 1 amide bonds. The number of aliphatic carboxylic acids is 3. The molecule has 1 heterocycles. The maximum absolute atomic E-state index is 13.2. The molecule has 1 aliphatic heterocycles. The van der Waals surface area contributed by atoms with Crippen LogP contribution in [0.1, 0.15) is 32.6 Å². The fourth-order valence-corrected chi connectivity index (χ4v) is 6.68. The minimum atomic E-state index is -1.04. The number of carboxylic acids is 3. The van der Waals surface area contributed by atoms with Crippen LogP contribution in [0.3, 0.4) is 0 Å². The Hall–Kier alpha value is -2.28. The van der Waals surface area contributed by atoms with Crippen molar-refractivity contribution in [1.29, 1.82) is 0 Å². The minimum Gasteiger partial charge on any atom is -0.480 e. The number of rotatable bonds is 20. The number of carboxylic acid groups (broad SMARTS) is 3. The van der Waals surface area contributed by atoms with Crippen LogP contribution in [0.15, 0.2) is 0 Å². The molecular weight excluding hydrogens is 618 g/mol. The summed E-state index contributed by atoms with van der Waals surface area (Å²) in [5.41, 5.74) is 0. The van der Waals surface area contributed by atoms with Crippen molar-refractivity contribution in [3.8, 4) is 0 Å². The maximum Gasteiger partial charge on any atom is 0.317 e. The van der Waals surface area contributed by atoms with Gasteiger partial charge < -0.3 is 30.5 Å². The van der Waals surface area contributed by atoms with Gasteiger partial charge in [0.15, 0.2) is 5.78 Å². The highest BCUT2D eigenvalue weighted by Crippen LogP contribution is 2.24. The molecule has 5 N–H and O–H groups in total. The zero-order chi connectivity index (χ0) is 32.9. The molecule has 2 unspecified atom stereocenters. The first kappa shape index (κ1) is 39.7. The Morgan fingerprint density at radius 1 is 0.750 bits per heavy atom. The van der Waals surface area contributed by atoms with Gasteiger partial charge in [0.1, 0.15) is 6.29 Å². The predicted molar refractivity (Wildman–Crippen MR) is 167 cm³/mol. The summed E-state index contributed by atoms with van der Waals surface area (Å²) in [5.74, 6) is -2.73. The maximum atomic E-state index is 13.2. The van der Waals surface area contributed by atoms with Gasteiger partial charge in [-0.05, 0) is 19.8 Å². The van der Waals surface area contributed by atoms with Crippen LogP contribution < -0.4 is 5.32 Å². The van der Waals surface area contributed by atoms with E-state index in [0.29, 0.717) is 24.3 Å². The fraction of sp³-hybridized carbons (Fsp3) is 0.778. The third-order valence-electron chi connectivity index (χ3n) is 6.77. The zero-order valence-electron chi connectivity index (χ0n) is 25.3. The quantitative estimate of drug-likeness (QED) is 0.0602. The Morgan fingerprint density at radius 3 is 1.57 bits per heavy atom. The smallest absolute Gasteiger partial charge is 0.317 e. The van der Waals surface area contributed by atoms with Gasteiger partial charge in [0.2, 0.25) is 5.91 Å². The van der Waals surface area contributed by atoms with E-state index in [4.69, 9.17) is 0 Å². The molecule has 2 atom stereocenters. The third kappa shape index (κ3) is 19.9. The Kier molecular flexibility index (Phi) is 20.9. The average Bonchev–Trinajstić information content (AvgIpc) is 2.93. The number of aliphatic hydroxyl groups is 1. The van der Waals surface area contributed by atoms with Gasteiger partial charge in [0.25, 0.3) is 0 Å². The normalized spacial score (nSPS) is 18.0. The van der Waals surface area contributed by atoms with Gasteiger partial charge >= 0.3 is 17.9 Å². The molecule has 0 aromatic carbocycles. The number of nitrogens with one attached hydrogen (secondary N) is 1. The minimum absolute atomic E-state index is 0.0931. The number of hydrogen-bond donors (Lipinski definition) is 5. The number of carbonyl (C=O) groups is 6. The largest absolute Gasteiger partial charge is 0.480 e. The van der Waals surface area contributed by atoms with Crippen molar-refractivity contribution in [2.45, 2.75) is 44.8 Å². The molecule has 1 aliphatic rings. The summed E-state index contributed by atoms with van der Waals surface area (Å²) < 4.78 is 0. The number of ketones is 1. The van der Waals surface area contributed by atoms with E-state index >= 15 is 0 Å². The molecule has 0 bridgehead atoms. The van der Waals surface area contributed by atoms with Crippen LogP contribution in [0.2, 0.25) is 0 Å². The van der Waals surface area contributed by atoms with E-state index < -0.39 is 36.0 Å². The van der Waals surface area contributed by atoms with E-state index in [1.807, 2.05) is 0 Å². The van der Waals surface area contributed by atoms with Gasteiger partial charge in [0, 0.05) is 76.7 Å². The molecule has 44 heavy (non-hydrogen) atoms. The first-order valence-corrected chi connectivity index (χ1v) is 17.1. The van der Waals surface area contributed by atoms with E-state index in [2.05, 4.69) is 5.32 Å². The van der Waals surface area contributed by atoms with Crippen LogP contribution in [-0.4, -0.2) is 178 Å². The fourth-order valence-electron chi connectivity index (χ4n) is 4.37. The van der Waals surface area contributed by atoms with Gasteiger partial charge in [-0.1, -0.05) is 21.6 Å². The van der Waals surface area contributed by atoms with Crippen molar-refractivity contribution < 1.29 is 49.2 Å². The number of carbonyl (C=O) groups excluding carboxylic acids is 3. The highest BCUT2D eigenvalue weighted by atomic mass is 33.1. The number of amides is 1. The van der Waals surface area contributed by atoms with Gasteiger partial charge in [-0.25, -0.2) is 0 Å². The van der Waals surface area contributed by atoms with Crippen LogP contribution in [-0.2, 0) is 28.8 Å². The molecule has 0 aromatic heterocycles. The molecule has 15 nitrogen and oxygen atoms in total. The molecule has 0 aliphatic carbocycles. The molecule has 0 radical (unpaired) electrons. The summed E-state index contributed by atoms with van der Waals surface area (Å²) >= 11 is 0. The molecule has 17 heteroatoms. The molecule has 252 valence electrons. The molecular formula is C27H47N5O10S2. The lowest BCUT2D eigenvalue weighted by Gasteiger charge is -2.33. The Bertz CT molecular complexity index is 897. The second kappa shape index (κ2) is 23.1. The van der Waals surface area contributed by atoms with Gasteiger partial charge in [-0.3, -0.25) is 43.6 Å². The number of Topliss-reactive ketones (excluding diaryl/α,β-unsaturated/α-hetero) is 1. The summed E-state index contributed by atoms with van der Waals surface area (Å²) in [5, 5.41) is 40.5. The van der Waals surface area contributed by atoms with Crippen LogP contribution in [0.5, 0.6) is 0 Å². The van der Waals surface area contributed by atoms with Crippen molar-refractivity contribution in [1.82, 2.24) is 24.9 Å². The Balaban J connectivity index is 2.99. The van der Waals surface area contributed by atoms with E-state index in [1.165, 1.54) is 21.6 Å². The van der Waals surface area contributed by atoms with Crippen LogP contribution in [0, 0.1) is 0 Å². The van der Waals surface area contributed by atoms with Crippen molar-refractivity contribution >= 4 is 57.5 Å². The first-order chi connectivity index (χ1) is 20.9. The molecule has 1 rings (SSSR count). The van der Waals surface area contributed by atoms with Gasteiger partial charge in [-0.2, -0.15) is 0 Å². The number of nitrogens with zero attached hydrogens (tertiary/aromatic N) is 4. The lowest BCUT2D eigenvalue weighted by molar-refractivity contribution is -0.140. The van der Waals surface area contributed by atoms with Crippen molar-refractivity contribution in [3.05, 3.63) is 0 Å². The number of aldehydes is 1. The van der Waals surface area contributed by atoms with Gasteiger partial charge in [-0.15, -0.1) is 0 Å². The van der Waals surface area contributed by atoms with E-state index in [9.17, 15) is 49.2 Å². The lowest BCUT2D eigenvalue weighted by Crippen LogP contribution is -2.51. The average molecular weight is 666 g/mol. The third-order valence-corrected chi connectivity index (χ3v) is 9.27. The number of unbranched alkanes of at least 4 members (excludes halogenated alkanes) is 1. The SMILES string of the molecule is CC(O)CCC(=O)C(CSSCCCC=O)NC(=O)CN1CCN(CC(=O)O)CCN(CC(=O)O)CCN(CC(=O)O)CC1. The molecule has 1 saturated heterocycles. The topological polar surface area (TPSA) is 208 Å². The summed E-state index contributed by atoms with van der Waals surface area (Å²) in [6, 6.07) is -0.787. The second-order valence-corrected chi connectivity index (χ2v) is 13.3. The van der Waals surface area contributed by atoms with E-state index in [-0.39, 0.29) is 97.2 Å². The highest BCUT2D eigenvalue weighted by Gasteiger charge is 2.24. The van der Waals surface area contributed by atoms with Crippen molar-refractivity contribution in [2.24, 2.45) is 0 Å². The number of hydrogen-bond acceptors (Lipinski definition) is 13. The summed E-state index contributed by atoms with van der Waals surface area (Å²) in [6.07, 6.45) is 1.69. The van der Waals surface area contributed by atoms with E-state index in [1.54, 1.807) is 26.5 Å². The lowest BCUT2D eigenvalue weighted by atomic mass is 10.1. The number of aliphatic hydroxyl groups excluding tert-OH is 1. The molecule has 0 saturated carbocycles. The van der Waals surface area contributed by atoms with Crippen LogP contribution in [0.25, 0.3) is 0 Å². The standard InChI is InChI=1S/C27H47N5O10S2/c1-21(34)4-5-23(35)22(20-44-43-15-3-2-14-33)28-24(36)16-29-6-8-30(17-25(37)38)10-12-32(19-27(41)42)13-11-31(9-7-29)18-26(39)40/h14,21-22,34H,2-13,15-20H2,1H3,(H,28,36)(H,37,38)(H,39,40)(H,41,42).